The molecule has 1 aromatic heterocycles. The number of para-hydroxylation sites is 5. The van der Waals surface area contributed by atoms with Gasteiger partial charge in [0.2, 0.25) is 0 Å². The second-order valence-corrected chi connectivity index (χ2v) is 16.3. The van der Waals surface area contributed by atoms with E-state index in [1.54, 1.807) is 0 Å². The molecule has 3 heterocycles. The molecule has 0 bridgehead atoms. The molecule has 0 spiro atoms. The Balaban J connectivity index is 1.07. The summed E-state index contributed by atoms with van der Waals surface area (Å²) in [5, 5.41) is 2.53. The second kappa shape index (κ2) is 13.4. The maximum atomic E-state index is 2.58. The van der Waals surface area contributed by atoms with E-state index in [-0.39, 0.29) is 6.71 Å². The van der Waals surface area contributed by atoms with Crippen LogP contribution < -0.4 is 26.2 Å². The van der Waals surface area contributed by atoms with E-state index >= 15 is 0 Å². The fraction of sp³-hybridized carbons (Fsp3) is 0.111. The summed E-state index contributed by atoms with van der Waals surface area (Å²) in [7, 11) is 0. The summed E-state index contributed by atoms with van der Waals surface area (Å²) in [5.74, 6) is 0.554. The zero-order valence-electron chi connectivity index (χ0n) is 32.4. The van der Waals surface area contributed by atoms with Crippen molar-refractivity contribution in [3.8, 4) is 16.8 Å². The monoisotopic (exact) mass is 743 g/mol. The van der Waals surface area contributed by atoms with Gasteiger partial charge in [-0.3, -0.25) is 0 Å². The van der Waals surface area contributed by atoms with Crippen molar-refractivity contribution in [3.63, 3.8) is 0 Å². The molecule has 0 radical (unpaired) electrons. The first-order valence-corrected chi connectivity index (χ1v) is 21.0. The fourth-order valence-corrected chi connectivity index (χ4v) is 10.6. The smallest absolute Gasteiger partial charge is 0.252 e. The average Bonchev–Trinajstić information content (AvgIpc) is 3.63. The van der Waals surface area contributed by atoms with Gasteiger partial charge in [0.15, 0.2) is 0 Å². The van der Waals surface area contributed by atoms with Gasteiger partial charge in [-0.25, -0.2) is 0 Å². The lowest BCUT2D eigenvalue weighted by atomic mass is 9.33. The maximum absolute atomic E-state index is 2.58. The van der Waals surface area contributed by atoms with E-state index in [0.717, 1.165) is 0 Å². The van der Waals surface area contributed by atoms with Crippen molar-refractivity contribution < 1.29 is 0 Å². The number of benzene rings is 8. The van der Waals surface area contributed by atoms with E-state index in [1.165, 1.54) is 127 Å². The van der Waals surface area contributed by atoms with Crippen molar-refractivity contribution in [2.24, 2.45) is 0 Å². The van der Waals surface area contributed by atoms with Crippen LogP contribution in [-0.4, -0.2) is 11.3 Å². The van der Waals surface area contributed by atoms with Crippen molar-refractivity contribution in [2.45, 2.75) is 38.0 Å². The summed E-state index contributed by atoms with van der Waals surface area (Å²) in [4.78, 5) is 5.12. The summed E-state index contributed by atoms with van der Waals surface area (Å²) < 4.78 is 2.39. The van der Waals surface area contributed by atoms with Crippen molar-refractivity contribution in [1.82, 2.24) is 4.57 Å². The number of hydrogen-bond donors (Lipinski definition) is 0. The standard InChI is InChI=1S/C54H42BN3/c1-4-17-37(18-5-1)40-35-52-54-53(36-40)58(51-30-15-12-27-47(51)55(54)46-26-11-14-29-50(46)57(52)42-22-8-3-9-23-42)43-24-16-19-38(33-43)39-31-32-49-45(34-39)44-25-10-13-28-48(44)56(49)41-20-6-2-7-21-41/h2-3,6-16,19-37H,1,4-5,17-18H2. The minimum Gasteiger partial charge on any atom is -0.311 e. The number of nitrogens with zero attached hydrogens (tertiary/aromatic N) is 3. The molecular formula is C54H42BN3. The van der Waals surface area contributed by atoms with Crippen molar-refractivity contribution in [3.05, 3.63) is 194 Å². The fourth-order valence-electron chi connectivity index (χ4n) is 10.6. The van der Waals surface area contributed by atoms with Crippen LogP contribution in [0.4, 0.5) is 34.1 Å². The van der Waals surface area contributed by atoms with Crippen molar-refractivity contribution >= 4 is 79.0 Å². The topological polar surface area (TPSA) is 11.4 Å². The Bertz CT molecular complexity index is 3020. The third-order valence-corrected chi connectivity index (χ3v) is 13.1. The molecule has 2 aliphatic heterocycles. The maximum Gasteiger partial charge on any atom is 0.252 e. The molecule has 0 unspecified atom stereocenters. The van der Waals surface area contributed by atoms with Crippen LogP contribution in [0.2, 0.25) is 0 Å². The van der Waals surface area contributed by atoms with E-state index < -0.39 is 0 Å². The minimum atomic E-state index is 0.126. The molecule has 1 saturated carbocycles. The van der Waals surface area contributed by atoms with E-state index in [4.69, 9.17) is 0 Å². The molecule has 12 rings (SSSR count). The number of aromatic nitrogens is 1. The van der Waals surface area contributed by atoms with Crippen LogP contribution in [0.3, 0.4) is 0 Å². The molecule has 9 aromatic rings. The highest BCUT2D eigenvalue weighted by atomic mass is 15.2. The quantitative estimate of drug-likeness (QED) is 0.163. The Morgan fingerprint density at radius 3 is 1.69 bits per heavy atom. The first kappa shape index (κ1) is 33.4. The lowest BCUT2D eigenvalue weighted by molar-refractivity contribution is 0.444. The van der Waals surface area contributed by atoms with Crippen molar-refractivity contribution in [2.75, 3.05) is 9.80 Å². The number of rotatable bonds is 5. The molecule has 0 saturated heterocycles. The molecule has 0 atom stereocenters. The molecule has 1 fully saturated rings. The van der Waals surface area contributed by atoms with Crippen LogP contribution in [0.25, 0.3) is 38.6 Å². The van der Waals surface area contributed by atoms with Gasteiger partial charge in [-0.1, -0.05) is 128 Å². The predicted molar refractivity (Wildman–Crippen MR) is 246 cm³/mol. The Hall–Kier alpha value is -6.78. The molecule has 4 heteroatoms. The van der Waals surface area contributed by atoms with Crippen LogP contribution in [0.1, 0.15) is 43.6 Å². The van der Waals surface area contributed by atoms with Crippen LogP contribution >= 0.6 is 0 Å². The van der Waals surface area contributed by atoms with Gasteiger partial charge >= 0.3 is 0 Å². The summed E-state index contributed by atoms with van der Waals surface area (Å²) in [5.41, 5.74) is 19.1. The SMILES string of the molecule is c1ccc(N2c3ccccc3B3c4ccccc4N(c4cccc(-c5ccc6c(c5)c5ccccc5n6-c5ccccc5)c4)c4cc(C5CCCCC5)cc2c43)cc1. The minimum absolute atomic E-state index is 0.126. The number of hydrogen-bond acceptors (Lipinski definition) is 2. The average molecular weight is 744 g/mol. The summed E-state index contributed by atoms with van der Waals surface area (Å²) in [6.07, 6.45) is 6.43. The lowest BCUT2D eigenvalue weighted by Crippen LogP contribution is -2.61. The molecule has 8 aromatic carbocycles. The Labute approximate surface area is 340 Å². The Kier molecular flexibility index (Phi) is 7.72. The zero-order valence-corrected chi connectivity index (χ0v) is 32.4. The third-order valence-electron chi connectivity index (χ3n) is 13.1. The molecule has 3 aliphatic rings. The second-order valence-electron chi connectivity index (χ2n) is 16.3. The molecule has 0 N–H and O–H groups in total. The summed E-state index contributed by atoms with van der Waals surface area (Å²) >= 11 is 0. The van der Waals surface area contributed by atoms with Gasteiger partial charge in [-0.2, -0.15) is 0 Å². The normalized spacial score (nSPS) is 14.7. The van der Waals surface area contributed by atoms with Crippen LogP contribution in [0, 0.1) is 0 Å². The van der Waals surface area contributed by atoms with E-state index in [9.17, 15) is 0 Å². The van der Waals surface area contributed by atoms with Gasteiger partial charge in [0, 0.05) is 50.6 Å². The van der Waals surface area contributed by atoms with E-state index in [0.29, 0.717) is 5.92 Å². The van der Waals surface area contributed by atoms with Crippen LogP contribution in [0.15, 0.2) is 188 Å². The van der Waals surface area contributed by atoms with Gasteiger partial charge in [-0.05, 0) is 131 Å². The summed E-state index contributed by atoms with van der Waals surface area (Å²) in [6.45, 7) is 0.126. The number of fused-ring (bicyclic) bond motifs is 7. The van der Waals surface area contributed by atoms with Gasteiger partial charge in [-0.15, -0.1) is 0 Å². The van der Waals surface area contributed by atoms with E-state index in [2.05, 4.69) is 202 Å². The Morgan fingerprint density at radius 2 is 0.966 bits per heavy atom. The molecule has 3 nitrogen and oxygen atoms in total. The van der Waals surface area contributed by atoms with Crippen molar-refractivity contribution in [1.29, 1.82) is 0 Å². The van der Waals surface area contributed by atoms with Gasteiger partial charge in [0.25, 0.3) is 6.71 Å². The molecule has 1 aliphatic carbocycles. The molecule has 58 heavy (non-hydrogen) atoms. The van der Waals surface area contributed by atoms with Gasteiger partial charge in [0.05, 0.1) is 11.0 Å². The molecular weight excluding hydrogens is 701 g/mol. The third kappa shape index (κ3) is 5.14. The van der Waals surface area contributed by atoms with Crippen LogP contribution in [0.5, 0.6) is 0 Å². The van der Waals surface area contributed by atoms with Gasteiger partial charge < -0.3 is 14.4 Å². The first-order valence-electron chi connectivity index (χ1n) is 21.0. The highest BCUT2D eigenvalue weighted by Gasteiger charge is 2.43. The largest absolute Gasteiger partial charge is 0.311 e. The Morgan fingerprint density at radius 1 is 0.397 bits per heavy atom. The molecule has 276 valence electrons. The number of anilines is 6. The first-order chi connectivity index (χ1) is 28.8. The predicted octanol–water partition coefficient (Wildman–Crippen LogP) is 12.6. The highest BCUT2D eigenvalue weighted by Crippen LogP contribution is 2.47. The van der Waals surface area contributed by atoms with Crippen LogP contribution in [-0.2, 0) is 0 Å². The highest BCUT2D eigenvalue weighted by molar-refractivity contribution is 7.00. The lowest BCUT2D eigenvalue weighted by Gasteiger charge is -2.45. The zero-order chi connectivity index (χ0) is 38.2. The van der Waals surface area contributed by atoms with Gasteiger partial charge in [0.1, 0.15) is 0 Å². The summed E-state index contributed by atoms with van der Waals surface area (Å²) in [6, 6.07) is 70.2. The molecule has 0 amide bonds. The van der Waals surface area contributed by atoms with E-state index in [1.807, 2.05) is 0 Å².